The highest BCUT2D eigenvalue weighted by Crippen LogP contribution is 2.23. The van der Waals surface area contributed by atoms with Crippen molar-refractivity contribution in [2.45, 2.75) is 58.1 Å². The minimum Gasteiger partial charge on any atom is -0.474 e. The number of rotatable bonds is 7. The van der Waals surface area contributed by atoms with Crippen LogP contribution in [0.1, 0.15) is 56.3 Å². The van der Waals surface area contributed by atoms with Crippen LogP contribution in [0.25, 0.3) is 0 Å². The van der Waals surface area contributed by atoms with Gasteiger partial charge in [-0.1, -0.05) is 13.8 Å². The van der Waals surface area contributed by atoms with Crippen LogP contribution in [0, 0.1) is 5.92 Å². The van der Waals surface area contributed by atoms with Crippen LogP contribution in [0.3, 0.4) is 0 Å². The summed E-state index contributed by atoms with van der Waals surface area (Å²) in [4.78, 5) is 15.1. The van der Waals surface area contributed by atoms with Crippen molar-refractivity contribution < 1.29 is 9.53 Å². The predicted molar refractivity (Wildman–Crippen MR) is 86.9 cm³/mol. The Morgan fingerprint density at radius 2 is 2.09 bits per heavy atom. The first-order valence-corrected chi connectivity index (χ1v) is 8.20. The first kappa shape index (κ1) is 16.7. The molecule has 1 saturated carbocycles. The molecule has 1 amide bonds. The molecular weight excluding hydrogens is 278 g/mol. The van der Waals surface area contributed by atoms with Crippen molar-refractivity contribution in [3.05, 3.63) is 23.9 Å². The van der Waals surface area contributed by atoms with Gasteiger partial charge in [0.05, 0.1) is 5.56 Å². The first-order chi connectivity index (χ1) is 10.5. The van der Waals surface area contributed by atoms with Gasteiger partial charge in [0.1, 0.15) is 6.10 Å². The van der Waals surface area contributed by atoms with E-state index in [0.29, 0.717) is 17.5 Å². The van der Waals surface area contributed by atoms with Gasteiger partial charge >= 0.3 is 0 Å². The van der Waals surface area contributed by atoms with Crippen LogP contribution in [-0.4, -0.2) is 29.6 Å². The van der Waals surface area contributed by atoms with Crippen LogP contribution < -0.4 is 15.8 Å². The maximum Gasteiger partial charge on any atom is 0.250 e. The fraction of sp³-hybridized carbons (Fsp3) is 0.647. The molecule has 0 radical (unpaired) electrons. The van der Waals surface area contributed by atoms with E-state index in [4.69, 9.17) is 10.5 Å². The van der Waals surface area contributed by atoms with E-state index in [9.17, 15) is 4.79 Å². The zero-order valence-corrected chi connectivity index (χ0v) is 13.5. The number of hydrogen-bond acceptors (Lipinski definition) is 4. The number of primary amides is 1. The Bertz CT molecular complexity index is 465. The van der Waals surface area contributed by atoms with Crippen molar-refractivity contribution in [1.29, 1.82) is 0 Å². The van der Waals surface area contributed by atoms with Crippen molar-refractivity contribution >= 4 is 5.91 Å². The van der Waals surface area contributed by atoms with E-state index in [1.165, 1.54) is 12.6 Å². The van der Waals surface area contributed by atoms with Crippen molar-refractivity contribution in [1.82, 2.24) is 10.3 Å². The van der Waals surface area contributed by atoms with E-state index >= 15 is 0 Å². The molecule has 1 aromatic heterocycles. The second-order valence-corrected chi connectivity index (χ2v) is 6.48. The maximum atomic E-state index is 11.0. The molecule has 0 aromatic carbocycles. The summed E-state index contributed by atoms with van der Waals surface area (Å²) in [5.41, 5.74) is 5.60. The second kappa shape index (κ2) is 8.13. The van der Waals surface area contributed by atoms with Crippen molar-refractivity contribution in [2.75, 3.05) is 6.54 Å². The van der Waals surface area contributed by atoms with Gasteiger partial charge in [0.25, 0.3) is 0 Å². The molecule has 0 aliphatic heterocycles. The fourth-order valence-electron chi connectivity index (χ4n) is 2.73. The Labute approximate surface area is 132 Å². The lowest BCUT2D eigenvalue weighted by Crippen LogP contribution is -2.37. The number of carbonyl (C=O) groups excluding carboxylic acids is 1. The number of amides is 1. The third-order valence-electron chi connectivity index (χ3n) is 4.14. The highest BCUT2D eigenvalue weighted by molar-refractivity contribution is 5.92. The van der Waals surface area contributed by atoms with E-state index in [1.54, 1.807) is 12.1 Å². The Balaban J connectivity index is 1.71. The fourth-order valence-corrected chi connectivity index (χ4v) is 2.73. The van der Waals surface area contributed by atoms with Gasteiger partial charge in [-0.15, -0.1) is 0 Å². The number of pyridine rings is 1. The number of nitrogens with two attached hydrogens (primary N) is 1. The van der Waals surface area contributed by atoms with Crippen LogP contribution in [0.5, 0.6) is 5.88 Å². The summed E-state index contributed by atoms with van der Waals surface area (Å²) in [6, 6.07) is 3.99. The number of nitrogens with zero attached hydrogens (tertiary/aromatic N) is 1. The van der Waals surface area contributed by atoms with Gasteiger partial charge in [-0.25, -0.2) is 4.98 Å². The predicted octanol–water partition coefficient (Wildman–Crippen LogP) is 2.51. The molecule has 0 bridgehead atoms. The van der Waals surface area contributed by atoms with Gasteiger partial charge in [0.2, 0.25) is 11.8 Å². The standard InChI is InChI=1S/C17H27N3O2/c1-12(2)9-10-19-14-4-6-15(7-5-14)22-16-8-3-13(11-20-16)17(18)21/h3,8,11-12,14-15,19H,4-7,9-10H2,1-2H3,(H2,18,21). The molecule has 2 rings (SSSR count). The largest absolute Gasteiger partial charge is 0.474 e. The summed E-state index contributed by atoms with van der Waals surface area (Å²) in [6.07, 6.45) is 7.28. The van der Waals surface area contributed by atoms with E-state index in [1.807, 2.05) is 0 Å². The molecule has 1 heterocycles. The Morgan fingerprint density at radius 1 is 1.36 bits per heavy atom. The van der Waals surface area contributed by atoms with Gasteiger partial charge in [-0.2, -0.15) is 0 Å². The van der Waals surface area contributed by atoms with Crippen molar-refractivity contribution in [3.8, 4) is 5.88 Å². The highest BCUT2D eigenvalue weighted by atomic mass is 16.5. The molecule has 122 valence electrons. The van der Waals surface area contributed by atoms with Crippen LogP contribution >= 0.6 is 0 Å². The molecular formula is C17H27N3O2. The molecule has 3 N–H and O–H groups in total. The second-order valence-electron chi connectivity index (χ2n) is 6.48. The zero-order chi connectivity index (χ0) is 15.9. The number of hydrogen-bond donors (Lipinski definition) is 2. The molecule has 1 aliphatic carbocycles. The topological polar surface area (TPSA) is 77.2 Å². The summed E-state index contributed by atoms with van der Waals surface area (Å²) in [5.74, 6) is 0.856. The lowest BCUT2D eigenvalue weighted by Gasteiger charge is -2.29. The normalized spacial score (nSPS) is 21.8. The smallest absolute Gasteiger partial charge is 0.250 e. The van der Waals surface area contributed by atoms with Gasteiger partial charge in [0, 0.05) is 18.3 Å². The number of aromatic nitrogens is 1. The van der Waals surface area contributed by atoms with E-state index in [2.05, 4.69) is 24.1 Å². The molecule has 1 fully saturated rings. The van der Waals surface area contributed by atoms with Crippen molar-refractivity contribution in [2.24, 2.45) is 11.7 Å². The van der Waals surface area contributed by atoms with Gasteiger partial charge in [-0.3, -0.25) is 4.79 Å². The average molecular weight is 305 g/mol. The lowest BCUT2D eigenvalue weighted by atomic mass is 9.92. The molecule has 0 spiro atoms. The summed E-state index contributed by atoms with van der Waals surface area (Å²) >= 11 is 0. The quantitative estimate of drug-likeness (QED) is 0.811. The van der Waals surface area contributed by atoms with Crippen LogP contribution in [-0.2, 0) is 0 Å². The number of carbonyl (C=O) groups is 1. The first-order valence-electron chi connectivity index (χ1n) is 8.20. The zero-order valence-electron chi connectivity index (χ0n) is 13.5. The summed E-state index contributed by atoms with van der Waals surface area (Å²) in [6.45, 7) is 5.61. The molecule has 22 heavy (non-hydrogen) atoms. The summed E-state index contributed by atoms with van der Waals surface area (Å²) < 4.78 is 5.89. The van der Waals surface area contributed by atoms with E-state index in [-0.39, 0.29) is 6.10 Å². The van der Waals surface area contributed by atoms with E-state index in [0.717, 1.165) is 38.1 Å². The maximum absolute atomic E-state index is 11.0. The molecule has 0 unspecified atom stereocenters. The van der Waals surface area contributed by atoms with Gasteiger partial charge < -0.3 is 15.8 Å². The minimum absolute atomic E-state index is 0.218. The third kappa shape index (κ3) is 5.30. The molecule has 5 nitrogen and oxygen atoms in total. The highest BCUT2D eigenvalue weighted by Gasteiger charge is 2.22. The Hall–Kier alpha value is -1.62. The monoisotopic (exact) mass is 305 g/mol. The van der Waals surface area contributed by atoms with Crippen LogP contribution in [0.15, 0.2) is 18.3 Å². The molecule has 1 aromatic rings. The minimum atomic E-state index is -0.466. The molecule has 5 heteroatoms. The van der Waals surface area contributed by atoms with Crippen LogP contribution in [0.2, 0.25) is 0 Å². The van der Waals surface area contributed by atoms with Gasteiger partial charge in [0.15, 0.2) is 0 Å². The molecule has 1 aliphatic rings. The Morgan fingerprint density at radius 3 is 2.64 bits per heavy atom. The van der Waals surface area contributed by atoms with Crippen LogP contribution in [0.4, 0.5) is 0 Å². The summed E-state index contributed by atoms with van der Waals surface area (Å²) in [7, 11) is 0. The lowest BCUT2D eigenvalue weighted by molar-refractivity contribution is 0.0999. The average Bonchev–Trinajstić information content (AvgIpc) is 2.49. The third-order valence-corrected chi connectivity index (χ3v) is 4.14. The van der Waals surface area contributed by atoms with Crippen molar-refractivity contribution in [3.63, 3.8) is 0 Å². The van der Waals surface area contributed by atoms with Gasteiger partial charge in [-0.05, 0) is 50.6 Å². The molecule has 0 atom stereocenters. The molecule has 0 saturated heterocycles. The number of ether oxygens (including phenoxy) is 1. The summed E-state index contributed by atoms with van der Waals surface area (Å²) in [5, 5.41) is 3.63. The SMILES string of the molecule is CC(C)CCNC1CCC(Oc2ccc(C(N)=O)cn2)CC1. The Kier molecular flexibility index (Phi) is 6.19. The van der Waals surface area contributed by atoms with E-state index < -0.39 is 5.91 Å². The number of nitrogens with one attached hydrogen (secondary N) is 1.